The third kappa shape index (κ3) is 5.71. The summed E-state index contributed by atoms with van der Waals surface area (Å²) in [4.78, 5) is 14.4. The zero-order valence-electron chi connectivity index (χ0n) is 14.5. The normalized spacial score (nSPS) is 23.3. The Bertz CT molecular complexity index is 682. The molecule has 1 atom stereocenters. The second-order valence-electron chi connectivity index (χ2n) is 7.08. The van der Waals surface area contributed by atoms with E-state index in [4.69, 9.17) is 0 Å². The van der Waals surface area contributed by atoms with Gasteiger partial charge in [0, 0.05) is 19.1 Å². The van der Waals surface area contributed by atoms with E-state index in [1.54, 1.807) is 0 Å². The van der Waals surface area contributed by atoms with Gasteiger partial charge in [0.2, 0.25) is 0 Å². The van der Waals surface area contributed by atoms with Crippen molar-refractivity contribution in [3.05, 3.63) is 35.4 Å². The van der Waals surface area contributed by atoms with Gasteiger partial charge in [0.1, 0.15) is 0 Å². The number of nitrogens with one attached hydrogen (secondary N) is 2. The molecule has 2 aliphatic rings. The summed E-state index contributed by atoms with van der Waals surface area (Å²) in [6.07, 6.45) is 4.43. The van der Waals surface area contributed by atoms with Crippen molar-refractivity contribution in [2.75, 3.05) is 24.6 Å². The van der Waals surface area contributed by atoms with Gasteiger partial charge in [-0.2, -0.15) is 0 Å². The second-order valence-corrected chi connectivity index (χ2v) is 9.31. The van der Waals surface area contributed by atoms with Crippen LogP contribution in [0.15, 0.2) is 24.3 Å². The first-order chi connectivity index (χ1) is 12.0. The SMILES string of the molecule is O=C(NCc1ccc(CN2CCCCC2)cc1)N[C@@H]1CCS(=O)(=O)C1. The molecule has 0 saturated carbocycles. The van der Waals surface area contributed by atoms with Gasteiger partial charge in [-0.15, -0.1) is 0 Å². The Morgan fingerprint density at radius 3 is 2.40 bits per heavy atom. The van der Waals surface area contributed by atoms with Crippen LogP contribution >= 0.6 is 0 Å². The van der Waals surface area contributed by atoms with Crippen molar-refractivity contribution in [1.29, 1.82) is 0 Å². The maximum Gasteiger partial charge on any atom is 0.315 e. The van der Waals surface area contributed by atoms with Crippen molar-refractivity contribution in [3.8, 4) is 0 Å². The first kappa shape index (κ1) is 18.2. The van der Waals surface area contributed by atoms with Crippen LogP contribution in [0.5, 0.6) is 0 Å². The molecule has 0 spiro atoms. The highest BCUT2D eigenvalue weighted by Gasteiger charge is 2.28. The lowest BCUT2D eigenvalue weighted by Gasteiger charge is -2.26. The van der Waals surface area contributed by atoms with Crippen molar-refractivity contribution in [3.63, 3.8) is 0 Å². The molecular weight excluding hydrogens is 338 g/mol. The van der Waals surface area contributed by atoms with Gasteiger partial charge < -0.3 is 10.6 Å². The Labute approximate surface area is 149 Å². The van der Waals surface area contributed by atoms with E-state index in [1.165, 1.54) is 37.9 Å². The third-order valence-electron chi connectivity index (χ3n) is 4.90. The number of hydrogen-bond donors (Lipinski definition) is 2. The van der Waals surface area contributed by atoms with Crippen LogP contribution in [0, 0.1) is 0 Å². The average Bonchev–Trinajstić information content (AvgIpc) is 2.94. The largest absolute Gasteiger partial charge is 0.334 e. The van der Waals surface area contributed by atoms with Gasteiger partial charge in [-0.05, 0) is 43.5 Å². The molecule has 2 amide bonds. The first-order valence-electron chi connectivity index (χ1n) is 9.05. The molecule has 0 bridgehead atoms. The molecule has 25 heavy (non-hydrogen) atoms. The molecule has 2 aliphatic heterocycles. The minimum absolute atomic E-state index is 0.0472. The lowest BCUT2D eigenvalue weighted by molar-refractivity contribution is 0.221. The number of piperidine rings is 1. The van der Waals surface area contributed by atoms with Crippen LogP contribution in [0.25, 0.3) is 0 Å². The van der Waals surface area contributed by atoms with Crippen molar-refractivity contribution in [1.82, 2.24) is 15.5 Å². The van der Waals surface area contributed by atoms with E-state index in [9.17, 15) is 13.2 Å². The van der Waals surface area contributed by atoms with Gasteiger partial charge >= 0.3 is 6.03 Å². The van der Waals surface area contributed by atoms with Gasteiger partial charge in [-0.25, -0.2) is 13.2 Å². The number of carbonyl (C=O) groups excluding carboxylic acids is 1. The highest BCUT2D eigenvalue weighted by molar-refractivity contribution is 7.91. The summed E-state index contributed by atoms with van der Waals surface area (Å²) in [5.41, 5.74) is 2.34. The number of sulfone groups is 1. The lowest BCUT2D eigenvalue weighted by Crippen LogP contribution is -2.42. The molecule has 1 aromatic rings. The van der Waals surface area contributed by atoms with Crippen LogP contribution in [0.1, 0.15) is 36.8 Å². The van der Waals surface area contributed by atoms with Gasteiger partial charge in [-0.3, -0.25) is 4.90 Å². The van der Waals surface area contributed by atoms with Gasteiger partial charge in [0.25, 0.3) is 0 Å². The van der Waals surface area contributed by atoms with Crippen LogP contribution in [0.2, 0.25) is 0 Å². The summed E-state index contributed by atoms with van der Waals surface area (Å²) in [5, 5.41) is 5.53. The van der Waals surface area contributed by atoms with E-state index in [0.717, 1.165) is 12.1 Å². The zero-order chi connectivity index (χ0) is 17.7. The highest BCUT2D eigenvalue weighted by atomic mass is 32.2. The summed E-state index contributed by atoms with van der Waals surface area (Å²) in [5.74, 6) is 0.210. The number of benzene rings is 1. The minimum atomic E-state index is -2.97. The van der Waals surface area contributed by atoms with Gasteiger partial charge in [-0.1, -0.05) is 30.7 Å². The highest BCUT2D eigenvalue weighted by Crippen LogP contribution is 2.14. The van der Waals surface area contributed by atoms with Crippen LogP contribution in [-0.2, 0) is 22.9 Å². The average molecular weight is 365 g/mol. The molecular formula is C18H27N3O3S. The van der Waals surface area contributed by atoms with Crippen LogP contribution in [-0.4, -0.2) is 50.0 Å². The van der Waals surface area contributed by atoms with Gasteiger partial charge in [0.05, 0.1) is 11.5 Å². The molecule has 0 aliphatic carbocycles. The fraction of sp³-hybridized carbons (Fsp3) is 0.611. The predicted molar refractivity (Wildman–Crippen MR) is 98.0 cm³/mol. The molecule has 1 aromatic carbocycles. The van der Waals surface area contributed by atoms with Crippen molar-refractivity contribution in [2.45, 2.75) is 44.8 Å². The molecule has 0 unspecified atom stereocenters. The van der Waals surface area contributed by atoms with Crippen molar-refractivity contribution >= 4 is 15.9 Å². The second kappa shape index (κ2) is 8.19. The van der Waals surface area contributed by atoms with E-state index >= 15 is 0 Å². The number of urea groups is 1. The van der Waals surface area contributed by atoms with E-state index in [-0.39, 0.29) is 23.6 Å². The number of hydrogen-bond acceptors (Lipinski definition) is 4. The van der Waals surface area contributed by atoms with Crippen LogP contribution < -0.4 is 10.6 Å². The van der Waals surface area contributed by atoms with Gasteiger partial charge in [0.15, 0.2) is 9.84 Å². The Balaban J connectivity index is 1.41. The lowest BCUT2D eigenvalue weighted by atomic mass is 10.1. The number of carbonyl (C=O) groups is 1. The van der Waals surface area contributed by atoms with E-state index in [1.807, 2.05) is 12.1 Å². The first-order valence-corrected chi connectivity index (χ1v) is 10.9. The Hall–Kier alpha value is -1.60. The topological polar surface area (TPSA) is 78.5 Å². The van der Waals surface area contributed by atoms with Crippen LogP contribution in [0.4, 0.5) is 4.79 Å². The molecule has 6 nitrogen and oxygen atoms in total. The predicted octanol–water partition coefficient (Wildman–Crippen LogP) is 1.66. The number of likely N-dealkylation sites (tertiary alicyclic amines) is 1. The van der Waals surface area contributed by atoms with E-state index in [2.05, 4.69) is 27.7 Å². The van der Waals surface area contributed by atoms with E-state index in [0.29, 0.717) is 13.0 Å². The maximum atomic E-state index is 11.9. The number of rotatable bonds is 5. The molecule has 7 heteroatoms. The number of nitrogens with zero attached hydrogens (tertiary/aromatic N) is 1. The molecule has 0 aromatic heterocycles. The molecule has 2 fully saturated rings. The molecule has 0 radical (unpaired) electrons. The summed E-state index contributed by atoms with van der Waals surface area (Å²) < 4.78 is 22.8. The monoisotopic (exact) mass is 365 g/mol. The van der Waals surface area contributed by atoms with Crippen molar-refractivity contribution in [2.24, 2.45) is 0 Å². The zero-order valence-corrected chi connectivity index (χ0v) is 15.4. The quantitative estimate of drug-likeness (QED) is 0.832. The maximum absolute atomic E-state index is 11.9. The molecule has 138 valence electrons. The Morgan fingerprint density at radius 2 is 1.76 bits per heavy atom. The smallest absolute Gasteiger partial charge is 0.315 e. The molecule has 2 heterocycles. The summed E-state index contributed by atoms with van der Waals surface area (Å²) in [6.45, 7) is 3.79. The third-order valence-corrected chi connectivity index (χ3v) is 6.67. The summed E-state index contributed by atoms with van der Waals surface area (Å²) in [7, 11) is -2.97. The van der Waals surface area contributed by atoms with Crippen LogP contribution in [0.3, 0.4) is 0 Å². The fourth-order valence-electron chi connectivity index (χ4n) is 3.47. The number of amides is 2. The Morgan fingerprint density at radius 1 is 1.08 bits per heavy atom. The summed E-state index contributed by atoms with van der Waals surface area (Å²) >= 11 is 0. The molecule has 3 rings (SSSR count). The fourth-order valence-corrected chi connectivity index (χ4v) is 5.14. The summed E-state index contributed by atoms with van der Waals surface area (Å²) in [6, 6.07) is 7.75. The van der Waals surface area contributed by atoms with E-state index < -0.39 is 9.84 Å². The Kier molecular flexibility index (Phi) is 5.96. The molecule has 2 N–H and O–H groups in total. The van der Waals surface area contributed by atoms with Crippen molar-refractivity contribution < 1.29 is 13.2 Å². The molecule has 2 saturated heterocycles. The standard InChI is InChI=1S/C18H27N3O3S/c22-18(20-17-8-11-25(23,24)14-17)19-12-15-4-6-16(7-5-15)13-21-9-2-1-3-10-21/h4-7,17H,1-3,8-14H2,(H2,19,20,22)/t17-/m1/s1. The minimum Gasteiger partial charge on any atom is -0.334 e.